The molecule has 2 heterocycles. The number of nitrogens with zero attached hydrogens (tertiary/aromatic N) is 1. The van der Waals surface area contributed by atoms with Gasteiger partial charge in [0.25, 0.3) is 5.91 Å². The standard InChI is InChI=1S/C27H34FN3O3/c1-29-26(33)27(18-20-8-12-30-13-9-20)10-14-31(15-11-27)25(32)22-5-3-7-24(17-22)34-19-21-4-2-6-23(28)16-21/h2-7,16-17,20,30H,8-15,18-19H2,1H3,(H,29,33). The van der Waals surface area contributed by atoms with Crippen molar-refractivity contribution in [2.24, 2.45) is 11.3 Å². The Morgan fingerprint density at radius 3 is 2.56 bits per heavy atom. The zero-order valence-electron chi connectivity index (χ0n) is 19.8. The first-order valence-electron chi connectivity index (χ1n) is 12.2. The first-order valence-corrected chi connectivity index (χ1v) is 12.2. The van der Waals surface area contributed by atoms with E-state index in [0.717, 1.165) is 37.9 Å². The minimum absolute atomic E-state index is 0.0522. The average Bonchev–Trinajstić information content (AvgIpc) is 2.88. The van der Waals surface area contributed by atoms with Gasteiger partial charge in [-0.3, -0.25) is 9.59 Å². The normalized spacial score (nSPS) is 18.4. The molecular formula is C27H34FN3O3. The SMILES string of the molecule is CNC(=O)C1(CC2CCNCC2)CCN(C(=O)c2cccc(OCc3cccc(F)c3)c2)CC1. The molecule has 2 aromatic rings. The second kappa shape index (κ2) is 11.0. The van der Waals surface area contributed by atoms with E-state index in [0.29, 0.717) is 43.2 Å². The van der Waals surface area contributed by atoms with Crippen LogP contribution < -0.4 is 15.4 Å². The summed E-state index contributed by atoms with van der Waals surface area (Å²) in [6.07, 6.45) is 4.45. The summed E-state index contributed by atoms with van der Waals surface area (Å²) >= 11 is 0. The van der Waals surface area contributed by atoms with Crippen molar-refractivity contribution in [3.63, 3.8) is 0 Å². The number of rotatable bonds is 7. The summed E-state index contributed by atoms with van der Waals surface area (Å²) in [6, 6.07) is 13.4. The lowest BCUT2D eigenvalue weighted by Gasteiger charge is -2.43. The van der Waals surface area contributed by atoms with Gasteiger partial charge in [-0.1, -0.05) is 18.2 Å². The third kappa shape index (κ3) is 5.76. The van der Waals surface area contributed by atoms with Gasteiger partial charge in [-0.2, -0.15) is 0 Å². The van der Waals surface area contributed by atoms with E-state index in [4.69, 9.17) is 4.74 Å². The first-order chi connectivity index (χ1) is 16.5. The van der Waals surface area contributed by atoms with Gasteiger partial charge >= 0.3 is 0 Å². The highest BCUT2D eigenvalue weighted by Crippen LogP contribution is 2.40. The minimum atomic E-state index is -0.399. The molecule has 7 heteroatoms. The van der Waals surface area contributed by atoms with Crippen LogP contribution in [-0.4, -0.2) is 49.9 Å². The van der Waals surface area contributed by atoms with Crippen LogP contribution in [0.5, 0.6) is 5.75 Å². The minimum Gasteiger partial charge on any atom is -0.489 e. The molecule has 4 rings (SSSR count). The van der Waals surface area contributed by atoms with Gasteiger partial charge in [-0.15, -0.1) is 0 Å². The van der Waals surface area contributed by atoms with Crippen LogP contribution in [0.3, 0.4) is 0 Å². The number of halogens is 1. The van der Waals surface area contributed by atoms with Crippen molar-refractivity contribution in [1.82, 2.24) is 15.5 Å². The molecule has 6 nitrogen and oxygen atoms in total. The molecule has 0 saturated carbocycles. The largest absolute Gasteiger partial charge is 0.489 e. The van der Waals surface area contributed by atoms with Crippen molar-refractivity contribution in [1.29, 1.82) is 0 Å². The molecule has 2 aliphatic rings. The van der Waals surface area contributed by atoms with E-state index >= 15 is 0 Å². The van der Waals surface area contributed by atoms with E-state index < -0.39 is 5.41 Å². The lowest BCUT2D eigenvalue weighted by Crippen LogP contribution is -2.50. The number of hydrogen-bond acceptors (Lipinski definition) is 4. The average molecular weight is 468 g/mol. The van der Waals surface area contributed by atoms with Gasteiger partial charge in [0.15, 0.2) is 0 Å². The van der Waals surface area contributed by atoms with Crippen molar-refractivity contribution in [2.45, 2.75) is 38.7 Å². The zero-order valence-corrected chi connectivity index (χ0v) is 19.8. The van der Waals surface area contributed by atoms with Crippen molar-refractivity contribution in [3.8, 4) is 5.75 Å². The summed E-state index contributed by atoms with van der Waals surface area (Å²) in [5, 5.41) is 6.27. The number of carbonyl (C=O) groups excluding carboxylic acids is 2. The summed E-state index contributed by atoms with van der Waals surface area (Å²) in [4.78, 5) is 28.0. The third-order valence-electron chi connectivity index (χ3n) is 7.23. The molecule has 0 aliphatic carbocycles. The number of ether oxygens (including phenoxy) is 1. The zero-order chi connectivity index (χ0) is 24.0. The van der Waals surface area contributed by atoms with Crippen LogP contribution in [0.15, 0.2) is 48.5 Å². The predicted molar refractivity (Wildman–Crippen MR) is 129 cm³/mol. The molecule has 0 bridgehead atoms. The fraction of sp³-hybridized carbons (Fsp3) is 0.481. The Kier molecular flexibility index (Phi) is 7.83. The van der Waals surface area contributed by atoms with Crippen LogP contribution in [0, 0.1) is 17.2 Å². The van der Waals surface area contributed by atoms with Gasteiger partial charge in [0.2, 0.25) is 5.91 Å². The smallest absolute Gasteiger partial charge is 0.253 e. The van der Waals surface area contributed by atoms with Gasteiger partial charge < -0.3 is 20.3 Å². The number of carbonyl (C=O) groups is 2. The highest BCUT2D eigenvalue weighted by atomic mass is 19.1. The fourth-order valence-corrected chi connectivity index (χ4v) is 5.26. The number of benzene rings is 2. The summed E-state index contributed by atoms with van der Waals surface area (Å²) in [5.74, 6) is 0.864. The van der Waals surface area contributed by atoms with Gasteiger partial charge in [-0.05, 0) is 87.0 Å². The quantitative estimate of drug-likeness (QED) is 0.651. The molecule has 0 aromatic heterocycles. The highest BCUT2D eigenvalue weighted by Gasteiger charge is 2.43. The van der Waals surface area contributed by atoms with Crippen LogP contribution in [0.25, 0.3) is 0 Å². The summed E-state index contributed by atoms with van der Waals surface area (Å²) < 4.78 is 19.2. The van der Waals surface area contributed by atoms with E-state index in [1.165, 1.54) is 12.1 Å². The molecule has 2 N–H and O–H groups in total. The van der Waals surface area contributed by atoms with Crippen LogP contribution in [0.4, 0.5) is 4.39 Å². The maximum absolute atomic E-state index is 13.4. The van der Waals surface area contributed by atoms with E-state index in [1.807, 2.05) is 4.90 Å². The van der Waals surface area contributed by atoms with E-state index in [2.05, 4.69) is 10.6 Å². The Morgan fingerprint density at radius 1 is 1.12 bits per heavy atom. The summed E-state index contributed by atoms with van der Waals surface area (Å²) in [5.41, 5.74) is 0.887. The molecule has 2 saturated heterocycles. The number of nitrogens with one attached hydrogen (secondary N) is 2. The van der Waals surface area contributed by atoms with Crippen molar-refractivity contribution in [3.05, 3.63) is 65.5 Å². The number of hydrogen-bond donors (Lipinski definition) is 2. The molecule has 2 aliphatic heterocycles. The molecule has 0 unspecified atom stereocenters. The lowest BCUT2D eigenvalue weighted by molar-refractivity contribution is -0.134. The Labute approximate surface area is 200 Å². The molecule has 2 fully saturated rings. The molecule has 34 heavy (non-hydrogen) atoms. The second-order valence-electron chi connectivity index (χ2n) is 9.50. The van der Waals surface area contributed by atoms with Gasteiger partial charge in [0.05, 0.1) is 5.41 Å². The number of piperidine rings is 2. The van der Waals surface area contributed by atoms with Gasteiger partial charge in [-0.25, -0.2) is 4.39 Å². The Balaban J connectivity index is 1.38. The van der Waals surface area contributed by atoms with Crippen molar-refractivity contribution in [2.75, 3.05) is 33.2 Å². The van der Waals surface area contributed by atoms with E-state index in [1.54, 1.807) is 43.4 Å². The molecule has 2 amide bonds. The maximum Gasteiger partial charge on any atom is 0.253 e. The topological polar surface area (TPSA) is 70.7 Å². The Hall–Kier alpha value is -2.93. The van der Waals surface area contributed by atoms with Crippen molar-refractivity contribution < 1.29 is 18.7 Å². The molecule has 0 atom stereocenters. The molecule has 0 spiro atoms. The molecular weight excluding hydrogens is 433 g/mol. The van der Waals surface area contributed by atoms with Crippen LogP contribution in [0.2, 0.25) is 0 Å². The Morgan fingerprint density at radius 2 is 1.85 bits per heavy atom. The van der Waals surface area contributed by atoms with Crippen LogP contribution in [-0.2, 0) is 11.4 Å². The van der Waals surface area contributed by atoms with E-state index in [9.17, 15) is 14.0 Å². The first kappa shape index (κ1) is 24.2. The van der Waals surface area contributed by atoms with E-state index in [-0.39, 0.29) is 24.2 Å². The van der Waals surface area contributed by atoms with Crippen molar-refractivity contribution >= 4 is 11.8 Å². The third-order valence-corrected chi connectivity index (χ3v) is 7.23. The lowest BCUT2D eigenvalue weighted by atomic mass is 9.69. The summed E-state index contributed by atoms with van der Waals surface area (Å²) in [6.45, 7) is 3.37. The monoisotopic (exact) mass is 467 g/mol. The van der Waals surface area contributed by atoms with Gasteiger partial charge in [0.1, 0.15) is 18.2 Å². The number of likely N-dealkylation sites (tertiary alicyclic amines) is 1. The fourth-order valence-electron chi connectivity index (χ4n) is 5.26. The van der Waals surface area contributed by atoms with Gasteiger partial charge in [0, 0.05) is 25.7 Å². The predicted octanol–water partition coefficient (Wildman–Crippen LogP) is 3.76. The Bertz CT molecular complexity index is 998. The molecule has 2 aromatic carbocycles. The molecule has 182 valence electrons. The second-order valence-corrected chi connectivity index (χ2v) is 9.50. The maximum atomic E-state index is 13.4. The van der Waals surface area contributed by atoms with Crippen LogP contribution in [0.1, 0.15) is 48.0 Å². The van der Waals surface area contributed by atoms with Crippen LogP contribution >= 0.6 is 0 Å². The summed E-state index contributed by atoms with van der Waals surface area (Å²) in [7, 11) is 1.71. The molecule has 0 radical (unpaired) electrons. The highest BCUT2D eigenvalue weighted by molar-refractivity contribution is 5.95. The number of amides is 2.